The molecule has 1 aromatic rings. The zero-order valence-electron chi connectivity index (χ0n) is 10.9. The molecule has 1 rings (SSSR count). The van der Waals surface area contributed by atoms with Gasteiger partial charge in [0.05, 0.1) is 6.20 Å². The van der Waals surface area contributed by atoms with Gasteiger partial charge in [0.1, 0.15) is 5.82 Å². The Morgan fingerprint density at radius 3 is 2.81 bits per heavy atom. The zero-order chi connectivity index (χ0) is 11.8. The first-order chi connectivity index (χ1) is 7.77. The van der Waals surface area contributed by atoms with E-state index in [1.165, 1.54) is 25.7 Å². The molecule has 0 saturated carbocycles. The third kappa shape index (κ3) is 4.25. The maximum absolute atomic E-state index is 4.31. The predicted octanol–water partition coefficient (Wildman–Crippen LogP) is 3.67. The van der Waals surface area contributed by atoms with Crippen molar-refractivity contribution in [2.45, 2.75) is 65.5 Å². The number of anilines is 1. The lowest BCUT2D eigenvalue weighted by molar-refractivity contribution is 0.582. The van der Waals surface area contributed by atoms with Crippen molar-refractivity contribution < 1.29 is 0 Å². The molecular formula is C13H25N3. The molecule has 0 aliphatic heterocycles. The fourth-order valence-corrected chi connectivity index (χ4v) is 1.87. The molecule has 0 fully saturated rings. The standard InChI is InChI=1S/C13H25N3/c1-4-6-7-8-12(3)15-13-9-10-14-16(13)11-5-2/h9-10,12,15H,4-8,11H2,1-3H3. The summed E-state index contributed by atoms with van der Waals surface area (Å²) in [6, 6.07) is 2.60. The second-order valence-corrected chi connectivity index (χ2v) is 4.48. The van der Waals surface area contributed by atoms with E-state index >= 15 is 0 Å². The summed E-state index contributed by atoms with van der Waals surface area (Å²) in [6.45, 7) is 7.67. The molecule has 1 unspecified atom stereocenters. The second kappa shape index (κ2) is 7.31. The molecule has 1 heterocycles. The van der Waals surface area contributed by atoms with Gasteiger partial charge in [-0.2, -0.15) is 5.10 Å². The summed E-state index contributed by atoms with van der Waals surface area (Å²) in [7, 11) is 0. The lowest BCUT2D eigenvalue weighted by atomic mass is 10.1. The van der Waals surface area contributed by atoms with Crippen LogP contribution in [-0.2, 0) is 6.54 Å². The van der Waals surface area contributed by atoms with Crippen LogP contribution in [0.3, 0.4) is 0 Å². The topological polar surface area (TPSA) is 29.9 Å². The number of rotatable bonds is 8. The molecule has 0 radical (unpaired) electrons. The van der Waals surface area contributed by atoms with E-state index in [2.05, 4.69) is 41.9 Å². The van der Waals surface area contributed by atoms with Gasteiger partial charge in [0.2, 0.25) is 0 Å². The molecule has 0 bridgehead atoms. The van der Waals surface area contributed by atoms with Crippen LogP contribution in [0.4, 0.5) is 5.82 Å². The highest BCUT2D eigenvalue weighted by Gasteiger charge is 2.05. The normalized spacial score (nSPS) is 12.7. The van der Waals surface area contributed by atoms with Gasteiger partial charge in [-0.3, -0.25) is 0 Å². The minimum atomic E-state index is 0.541. The first kappa shape index (κ1) is 13.1. The summed E-state index contributed by atoms with van der Waals surface area (Å²) in [5, 5.41) is 7.84. The number of aryl methyl sites for hydroxylation is 1. The van der Waals surface area contributed by atoms with Crippen LogP contribution in [0.25, 0.3) is 0 Å². The first-order valence-corrected chi connectivity index (χ1v) is 6.56. The van der Waals surface area contributed by atoms with Gasteiger partial charge in [-0.15, -0.1) is 0 Å². The SMILES string of the molecule is CCCCCC(C)Nc1ccnn1CCC. The monoisotopic (exact) mass is 223 g/mol. The third-order valence-electron chi connectivity index (χ3n) is 2.79. The smallest absolute Gasteiger partial charge is 0.124 e. The molecule has 3 nitrogen and oxygen atoms in total. The Labute approximate surface area is 99.2 Å². The minimum absolute atomic E-state index is 0.541. The summed E-state index contributed by atoms with van der Waals surface area (Å²) in [4.78, 5) is 0. The van der Waals surface area contributed by atoms with Crippen molar-refractivity contribution in [1.82, 2.24) is 9.78 Å². The van der Waals surface area contributed by atoms with E-state index in [0.717, 1.165) is 18.8 Å². The van der Waals surface area contributed by atoms with Gasteiger partial charge in [-0.1, -0.05) is 33.1 Å². The van der Waals surface area contributed by atoms with Crippen LogP contribution in [-0.4, -0.2) is 15.8 Å². The molecule has 0 aliphatic carbocycles. The first-order valence-electron chi connectivity index (χ1n) is 6.56. The quantitative estimate of drug-likeness (QED) is 0.681. The molecule has 3 heteroatoms. The Morgan fingerprint density at radius 2 is 2.12 bits per heavy atom. The third-order valence-corrected chi connectivity index (χ3v) is 2.79. The van der Waals surface area contributed by atoms with Crippen LogP contribution in [0.2, 0.25) is 0 Å². The molecule has 0 aliphatic rings. The molecule has 16 heavy (non-hydrogen) atoms. The largest absolute Gasteiger partial charge is 0.368 e. The maximum Gasteiger partial charge on any atom is 0.124 e. The van der Waals surface area contributed by atoms with Gasteiger partial charge in [0.15, 0.2) is 0 Å². The highest BCUT2D eigenvalue weighted by molar-refractivity contribution is 5.34. The fourth-order valence-electron chi connectivity index (χ4n) is 1.87. The van der Waals surface area contributed by atoms with Gasteiger partial charge in [0, 0.05) is 18.7 Å². The fraction of sp³-hybridized carbons (Fsp3) is 0.769. The van der Waals surface area contributed by atoms with E-state index in [9.17, 15) is 0 Å². The number of nitrogens with one attached hydrogen (secondary N) is 1. The number of hydrogen-bond acceptors (Lipinski definition) is 2. The molecule has 0 amide bonds. The van der Waals surface area contributed by atoms with Gasteiger partial charge < -0.3 is 5.32 Å². The molecule has 0 aromatic carbocycles. The van der Waals surface area contributed by atoms with Crippen LogP contribution in [0.15, 0.2) is 12.3 Å². The van der Waals surface area contributed by atoms with Crippen molar-refractivity contribution in [3.8, 4) is 0 Å². The van der Waals surface area contributed by atoms with Crippen molar-refractivity contribution in [2.24, 2.45) is 0 Å². The maximum atomic E-state index is 4.31. The Hall–Kier alpha value is -0.990. The Bertz CT molecular complexity index is 280. The predicted molar refractivity (Wildman–Crippen MR) is 69.7 cm³/mol. The number of unbranched alkanes of at least 4 members (excludes halogenated alkanes) is 2. The van der Waals surface area contributed by atoms with Crippen molar-refractivity contribution in [3.05, 3.63) is 12.3 Å². The Kier molecular flexibility index (Phi) is 5.98. The highest BCUT2D eigenvalue weighted by Crippen LogP contribution is 2.12. The van der Waals surface area contributed by atoms with E-state index in [4.69, 9.17) is 0 Å². The molecular weight excluding hydrogens is 198 g/mol. The van der Waals surface area contributed by atoms with Crippen LogP contribution >= 0.6 is 0 Å². The van der Waals surface area contributed by atoms with E-state index < -0.39 is 0 Å². The number of nitrogens with zero attached hydrogens (tertiary/aromatic N) is 2. The summed E-state index contributed by atoms with van der Waals surface area (Å²) in [6.07, 6.45) is 8.18. The average Bonchev–Trinajstić information content (AvgIpc) is 2.67. The Morgan fingerprint density at radius 1 is 1.31 bits per heavy atom. The van der Waals surface area contributed by atoms with Gasteiger partial charge in [-0.05, 0) is 19.8 Å². The van der Waals surface area contributed by atoms with Crippen LogP contribution < -0.4 is 5.32 Å². The molecule has 0 spiro atoms. The molecule has 1 atom stereocenters. The van der Waals surface area contributed by atoms with E-state index in [-0.39, 0.29) is 0 Å². The summed E-state index contributed by atoms with van der Waals surface area (Å²) in [5.74, 6) is 1.16. The highest BCUT2D eigenvalue weighted by atomic mass is 15.3. The number of hydrogen-bond donors (Lipinski definition) is 1. The summed E-state index contributed by atoms with van der Waals surface area (Å²) in [5.41, 5.74) is 0. The molecule has 92 valence electrons. The second-order valence-electron chi connectivity index (χ2n) is 4.48. The molecule has 1 aromatic heterocycles. The molecule has 1 N–H and O–H groups in total. The van der Waals surface area contributed by atoms with Crippen molar-refractivity contribution in [3.63, 3.8) is 0 Å². The average molecular weight is 223 g/mol. The van der Waals surface area contributed by atoms with Crippen molar-refractivity contribution in [2.75, 3.05) is 5.32 Å². The van der Waals surface area contributed by atoms with Crippen molar-refractivity contribution in [1.29, 1.82) is 0 Å². The lowest BCUT2D eigenvalue weighted by Gasteiger charge is -2.15. The zero-order valence-corrected chi connectivity index (χ0v) is 10.9. The number of aromatic nitrogens is 2. The molecule has 0 saturated heterocycles. The van der Waals surface area contributed by atoms with Gasteiger partial charge in [-0.25, -0.2) is 4.68 Å². The Balaban J connectivity index is 2.36. The van der Waals surface area contributed by atoms with E-state index in [1.807, 2.05) is 6.20 Å². The van der Waals surface area contributed by atoms with E-state index in [0.29, 0.717) is 6.04 Å². The van der Waals surface area contributed by atoms with Crippen LogP contribution in [0, 0.1) is 0 Å². The summed E-state index contributed by atoms with van der Waals surface area (Å²) >= 11 is 0. The van der Waals surface area contributed by atoms with Gasteiger partial charge in [0.25, 0.3) is 0 Å². The minimum Gasteiger partial charge on any atom is -0.368 e. The lowest BCUT2D eigenvalue weighted by Crippen LogP contribution is -2.18. The van der Waals surface area contributed by atoms with Crippen molar-refractivity contribution >= 4 is 5.82 Å². The van der Waals surface area contributed by atoms with Crippen LogP contribution in [0.1, 0.15) is 52.9 Å². The van der Waals surface area contributed by atoms with Crippen LogP contribution in [0.5, 0.6) is 0 Å². The van der Waals surface area contributed by atoms with E-state index in [1.54, 1.807) is 0 Å². The van der Waals surface area contributed by atoms with Gasteiger partial charge >= 0.3 is 0 Å². The summed E-state index contributed by atoms with van der Waals surface area (Å²) < 4.78 is 2.05.